The Bertz CT molecular complexity index is 819. The number of rotatable bonds is 3. The van der Waals surface area contributed by atoms with Gasteiger partial charge in [-0.25, -0.2) is 0 Å². The van der Waals surface area contributed by atoms with Crippen LogP contribution in [0.3, 0.4) is 0 Å². The van der Waals surface area contributed by atoms with E-state index in [2.05, 4.69) is 0 Å². The number of ketones is 1. The van der Waals surface area contributed by atoms with Crippen LogP contribution in [0, 0.1) is 0 Å². The van der Waals surface area contributed by atoms with Crippen LogP contribution >= 0.6 is 0 Å². The summed E-state index contributed by atoms with van der Waals surface area (Å²) < 4.78 is 0. The van der Waals surface area contributed by atoms with Gasteiger partial charge in [0.2, 0.25) is 0 Å². The lowest BCUT2D eigenvalue weighted by molar-refractivity contribution is 0.104. The highest BCUT2D eigenvalue weighted by molar-refractivity contribution is 6.14. The van der Waals surface area contributed by atoms with Crippen molar-refractivity contribution in [3.05, 3.63) is 83.9 Å². The van der Waals surface area contributed by atoms with E-state index in [1.807, 2.05) is 60.7 Å². The summed E-state index contributed by atoms with van der Waals surface area (Å²) in [6.45, 7) is 0. The Morgan fingerprint density at radius 3 is 2.38 bits per heavy atom. The van der Waals surface area contributed by atoms with Crippen LogP contribution < -0.4 is 5.73 Å². The second kappa shape index (κ2) is 5.63. The summed E-state index contributed by atoms with van der Waals surface area (Å²) in [5.74, 6) is -0.0814. The van der Waals surface area contributed by atoms with Crippen molar-refractivity contribution in [2.45, 2.75) is 0 Å². The van der Waals surface area contributed by atoms with Crippen molar-refractivity contribution >= 4 is 28.3 Å². The predicted octanol–water partition coefficient (Wildman–Crippen LogP) is 4.32. The molecule has 0 unspecified atom stereocenters. The summed E-state index contributed by atoms with van der Waals surface area (Å²) in [4.78, 5) is 12.3. The Morgan fingerprint density at radius 2 is 1.57 bits per heavy atom. The summed E-state index contributed by atoms with van der Waals surface area (Å²) in [5.41, 5.74) is 8.21. The van der Waals surface area contributed by atoms with Crippen LogP contribution in [0.2, 0.25) is 0 Å². The third-order valence-electron chi connectivity index (χ3n) is 3.46. The predicted molar refractivity (Wildman–Crippen MR) is 88.2 cm³/mol. The molecule has 2 N–H and O–H groups in total. The van der Waals surface area contributed by atoms with E-state index in [1.54, 1.807) is 18.2 Å². The zero-order valence-electron chi connectivity index (χ0n) is 11.5. The normalized spacial score (nSPS) is 11.0. The maximum absolute atomic E-state index is 12.3. The number of carbonyl (C=O) groups is 1. The van der Waals surface area contributed by atoms with Gasteiger partial charge in [0, 0.05) is 10.9 Å². The molecule has 3 aromatic rings. The van der Waals surface area contributed by atoms with Crippen LogP contribution in [0.4, 0.5) is 5.69 Å². The molecule has 0 aliphatic heterocycles. The molecule has 2 nitrogen and oxygen atoms in total. The average molecular weight is 273 g/mol. The van der Waals surface area contributed by atoms with E-state index in [4.69, 9.17) is 5.73 Å². The molecular weight excluding hydrogens is 258 g/mol. The molecule has 0 radical (unpaired) electrons. The van der Waals surface area contributed by atoms with Crippen molar-refractivity contribution in [1.29, 1.82) is 0 Å². The smallest absolute Gasteiger partial charge is 0.187 e. The molecule has 2 heteroatoms. The van der Waals surface area contributed by atoms with Crippen molar-refractivity contribution < 1.29 is 4.79 Å². The van der Waals surface area contributed by atoms with E-state index in [0.29, 0.717) is 11.3 Å². The summed E-state index contributed by atoms with van der Waals surface area (Å²) in [7, 11) is 0. The number of allylic oxidation sites excluding steroid dienone is 1. The lowest BCUT2D eigenvalue weighted by Gasteiger charge is -2.06. The fourth-order valence-electron chi connectivity index (χ4n) is 2.34. The summed E-state index contributed by atoms with van der Waals surface area (Å²) >= 11 is 0. The van der Waals surface area contributed by atoms with Gasteiger partial charge >= 0.3 is 0 Å². The summed E-state index contributed by atoms with van der Waals surface area (Å²) in [6, 6.07) is 21.2. The molecule has 102 valence electrons. The standard InChI is InChI=1S/C19H15NO/c20-19-16-9-5-4-8-15(16)11-12-17(19)18(21)13-10-14-6-2-1-3-7-14/h1-13H,20H2/b13-10+. The SMILES string of the molecule is Nc1c(C(=O)/C=C/c2ccccc2)ccc2ccccc12. The Hall–Kier alpha value is -2.87. The molecule has 0 amide bonds. The van der Waals surface area contributed by atoms with E-state index in [0.717, 1.165) is 16.3 Å². The molecule has 21 heavy (non-hydrogen) atoms. The molecular formula is C19H15NO. The highest BCUT2D eigenvalue weighted by Crippen LogP contribution is 2.25. The number of fused-ring (bicyclic) bond motifs is 1. The molecule has 0 aliphatic rings. The van der Waals surface area contributed by atoms with Crippen molar-refractivity contribution in [3.8, 4) is 0 Å². The third kappa shape index (κ3) is 2.70. The first-order valence-electron chi connectivity index (χ1n) is 6.80. The van der Waals surface area contributed by atoms with Crippen LogP contribution in [0.15, 0.2) is 72.8 Å². The number of hydrogen-bond acceptors (Lipinski definition) is 2. The topological polar surface area (TPSA) is 43.1 Å². The monoisotopic (exact) mass is 273 g/mol. The minimum atomic E-state index is -0.0814. The Balaban J connectivity index is 1.95. The van der Waals surface area contributed by atoms with Gasteiger partial charge in [0.25, 0.3) is 0 Å². The third-order valence-corrected chi connectivity index (χ3v) is 3.46. The van der Waals surface area contributed by atoms with Crippen LogP contribution in [0.25, 0.3) is 16.8 Å². The van der Waals surface area contributed by atoms with E-state index in [1.165, 1.54) is 0 Å². The maximum Gasteiger partial charge on any atom is 0.187 e. The van der Waals surface area contributed by atoms with Crippen LogP contribution in [0.1, 0.15) is 15.9 Å². The molecule has 0 spiro atoms. The van der Waals surface area contributed by atoms with Crippen molar-refractivity contribution in [2.24, 2.45) is 0 Å². The molecule has 3 rings (SSSR count). The van der Waals surface area contributed by atoms with Gasteiger partial charge in [-0.2, -0.15) is 0 Å². The van der Waals surface area contributed by atoms with Gasteiger partial charge in [-0.3, -0.25) is 4.79 Å². The highest BCUT2D eigenvalue weighted by Gasteiger charge is 2.09. The van der Waals surface area contributed by atoms with Gasteiger partial charge in [-0.15, -0.1) is 0 Å². The highest BCUT2D eigenvalue weighted by atomic mass is 16.1. The summed E-state index contributed by atoms with van der Waals surface area (Å²) in [5, 5.41) is 1.95. The first-order valence-corrected chi connectivity index (χ1v) is 6.80. The molecule has 0 atom stereocenters. The van der Waals surface area contributed by atoms with E-state index < -0.39 is 0 Å². The largest absolute Gasteiger partial charge is 0.398 e. The summed E-state index contributed by atoms with van der Waals surface area (Å²) in [6.07, 6.45) is 3.37. The van der Waals surface area contributed by atoms with Gasteiger partial charge < -0.3 is 5.73 Å². The maximum atomic E-state index is 12.3. The van der Waals surface area contributed by atoms with Gasteiger partial charge in [0.1, 0.15) is 0 Å². The Labute approximate surface area is 123 Å². The number of nitrogen functional groups attached to an aromatic ring is 1. The molecule has 0 fully saturated rings. The lowest BCUT2D eigenvalue weighted by atomic mass is 10.0. The Morgan fingerprint density at radius 1 is 0.857 bits per heavy atom. The zero-order chi connectivity index (χ0) is 14.7. The molecule has 3 aromatic carbocycles. The number of hydrogen-bond donors (Lipinski definition) is 1. The van der Waals surface area contributed by atoms with Gasteiger partial charge in [0.05, 0.1) is 5.69 Å². The minimum Gasteiger partial charge on any atom is -0.398 e. The zero-order valence-corrected chi connectivity index (χ0v) is 11.5. The van der Waals surface area contributed by atoms with Gasteiger partial charge in [0.15, 0.2) is 5.78 Å². The molecule has 0 saturated heterocycles. The van der Waals surface area contributed by atoms with Crippen LogP contribution in [-0.4, -0.2) is 5.78 Å². The number of carbonyl (C=O) groups excluding carboxylic acids is 1. The first kappa shape index (κ1) is 13.1. The minimum absolute atomic E-state index is 0.0814. The average Bonchev–Trinajstić information content (AvgIpc) is 2.54. The van der Waals surface area contributed by atoms with Crippen molar-refractivity contribution in [1.82, 2.24) is 0 Å². The van der Waals surface area contributed by atoms with Crippen molar-refractivity contribution in [3.63, 3.8) is 0 Å². The van der Waals surface area contributed by atoms with E-state index in [9.17, 15) is 4.79 Å². The van der Waals surface area contributed by atoms with Gasteiger partial charge in [-0.1, -0.05) is 66.7 Å². The second-order valence-corrected chi connectivity index (χ2v) is 4.86. The first-order chi connectivity index (χ1) is 10.3. The molecule has 0 aliphatic carbocycles. The van der Waals surface area contributed by atoms with Gasteiger partial charge in [-0.05, 0) is 23.1 Å². The van der Waals surface area contributed by atoms with Crippen LogP contribution in [-0.2, 0) is 0 Å². The number of nitrogens with two attached hydrogens (primary N) is 1. The number of benzene rings is 3. The molecule has 0 heterocycles. The Kier molecular flexibility index (Phi) is 3.52. The fraction of sp³-hybridized carbons (Fsp3) is 0. The molecule has 0 saturated carbocycles. The van der Waals surface area contributed by atoms with E-state index >= 15 is 0 Å². The lowest BCUT2D eigenvalue weighted by Crippen LogP contribution is -2.01. The van der Waals surface area contributed by atoms with Crippen molar-refractivity contribution in [2.75, 3.05) is 5.73 Å². The van der Waals surface area contributed by atoms with Crippen LogP contribution in [0.5, 0.6) is 0 Å². The molecule has 0 aromatic heterocycles. The second-order valence-electron chi connectivity index (χ2n) is 4.86. The fourth-order valence-corrected chi connectivity index (χ4v) is 2.34. The quantitative estimate of drug-likeness (QED) is 0.439. The van der Waals surface area contributed by atoms with E-state index in [-0.39, 0.29) is 5.78 Å². The molecule has 0 bridgehead atoms. The number of anilines is 1.